The van der Waals surface area contributed by atoms with Crippen LogP contribution in [0.15, 0.2) is 60.7 Å². The van der Waals surface area contributed by atoms with Gasteiger partial charge in [0.1, 0.15) is 17.2 Å². The summed E-state index contributed by atoms with van der Waals surface area (Å²) in [7, 11) is 0. The molecule has 6 heteroatoms. The van der Waals surface area contributed by atoms with Gasteiger partial charge < -0.3 is 30.6 Å². The number of aliphatic hydroxyl groups is 3. The normalized spacial score (nSPS) is 12.1. The molecule has 0 aromatic heterocycles. The maximum absolute atomic E-state index is 10.6. The second-order valence-electron chi connectivity index (χ2n) is 11.7. The van der Waals surface area contributed by atoms with E-state index in [4.69, 9.17) is 0 Å². The van der Waals surface area contributed by atoms with E-state index in [1.807, 2.05) is 49.4 Å². The maximum Gasteiger partial charge on any atom is 0.124 e. The highest BCUT2D eigenvalue weighted by Gasteiger charge is 2.35. The Bertz CT molecular complexity index is 1540. The van der Waals surface area contributed by atoms with Crippen molar-refractivity contribution in [2.45, 2.75) is 72.2 Å². The Morgan fingerprint density at radius 3 is 1.27 bits per heavy atom. The Kier molecular flexibility index (Phi) is 8.23. The Balaban J connectivity index is 2.01. The molecule has 0 unspecified atom stereocenters. The fraction of sp³-hybridized carbons (Fsp3) is 0.314. The molecule has 216 valence electrons. The lowest BCUT2D eigenvalue weighted by Gasteiger charge is -2.35. The van der Waals surface area contributed by atoms with Gasteiger partial charge in [-0.1, -0.05) is 56.3 Å². The minimum atomic E-state index is -0.808. The first-order valence-electron chi connectivity index (χ1n) is 13.7. The molecule has 0 heterocycles. The monoisotopic (exact) mass is 556 g/mol. The van der Waals surface area contributed by atoms with Crippen LogP contribution >= 0.6 is 0 Å². The number of aromatic hydroxyl groups is 3. The standard InChI is InChI=1S/C35H40O6/c1-20-10-28(13-23(17-36)31(20)39)34(4,5)26-8-7-9-27(16-26)35(6,29-11-21(2)32(40)24(14-29)18-37)30-12-22(3)33(41)25(15-30)19-38/h7-16,36-41H,17-19H2,1-6H3. The summed E-state index contributed by atoms with van der Waals surface area (Å²) in [6.45, 7) is 10.7. The van der Waals surface area contributed by atoms with E-state index in [2.05, 4.69) is 26.8 Å². The molecule has 0 saturated carbocycles. The minimum Gasteiger partial charge on any atom is -0.507 e. The third-order valence-corrected chi connectivity index (χ3v) is 8.69. The van der Waals surface area contributed by atoms with Crippen LogP contribution in [0.25, 0.3) is 0 Å². The maximum atomic E-state index is 10.6. The van der Waals surface area contributed by atoms with Gasteiger partial charge in [0.2, 0.25) is 0 Å². The summed E-state index contributed by atoms with van der Waals surface area (Å²) in [5.41, 5.74) is 6.50. The summed E-state index contributed by atoms with van der Waals surface area (Å²) in [5.74, 6) is 0.195. The zero-order valence-electron chi connectivity index (χ0n) is 24.6. The second-order valence-corrected chi connectivity index (χ2v) is 11.7. The summed E-state index contributed by atoms with van der Waals surface area (Å²) in [5, 5.41) is 61.5. The Hall–Kier alpha value is -3.84. The fourth-order valence-corrected chi connectivity index (χ4v) is 5.74. The van der Waals surface area contributed by atoms with Crippen molar-refractivity contribution < 1.29 is 30.6 Å². The van der Waals surface area contributed by atoms with E-state index in [1.165, 1.54) is 0 Å². The lowest BCUT2D eigenvalue weighted by molar-refractivity contribution is 0.274. The van der Waals surface area contributed by atoms with Crippen molar-refractivity contribution in [3.05, 3.63) is 122 Å². The lowest BCUT2D eigenvalue weighted by atomic mass is 9.68. The molecule has 0 aliphatic rings. The van der Waals surface area contributed by atoms with Crippen LogP contribution in [-0.2, 0) is 30.7 Å². The first-order chi connectivity index (χ1) is 19.3. The molecule has 0 radical (unpaired) electrons. The van der Waals surface area contributed by atoms with E-state index in [1.54, 1.807) is 26.0 Å². The molecule has 4 rings (SSSR count). The number of hydrogen-bond donors (Lipinski definition) is 6. The predicted octanol–water partition coefficient (Wildman–Crippen LogP) is 5.89. The largest absolute Gasteiger partial charge is 0.507 e. The van der Waals surface area contributed by atoms with Crippen molar-refractivity contribution >= 4 is 0 Å². The Morgan fingerprint density at radius 1 is 0.488 bits per heavy atom. The number of rotatable bonds is 8. The van der Waals surface area contributed by atoms with E-state index >= 15 is 0 Å². The Morgan fingerprint density at radius 2 is 0.854 bits per heavy atom. The predicted molar refractivity (Wildman–Crippen MR) is 160 cm³/mol. The van der Waals surface area contributed by atoms with Crippen LogP contribution in [-0.4, -0.2) is 30.6 Å². The SMILES string of the molecule is Cc1cc(C(C)(C)c2cccc(C(C)(c3cc(C)c(O)c(CO)c3)c3cc(C)c(O)c(CO)c3)c2)cc(CO)c1O. The van der Waals surface area contributed by atoms with Gasteiger partial charge >= 0.3 is 0 Å². The summed E-state index contributed by atoms with van der Waals surface area (Å²) in [4.78, 5) is 0. The average molecular weight is 557 g/mol. The molecular formula is C35H40O6. The van der Waals surface area contributed by atoms with Gasteiger partial charge in [-0.25, -0.2) is 0 Å². The third kappa shape index (κ3) is 5.19. The van der Waals surface area contributed by atoms with E-state index in [0.29, 0.717) is 33.4 Å². The molecule has 41 heavy (non-hydrogen) atoms. The van der Waals surface area contributed by atoms with Crippen LogP contribution in [0.3, 0.4) is 0 Å². The van der Waals surface area contributed by atoms with Crippen molar-refractivity contribution in [1.82, 2.24) is 0 Å². The smallest absolute Gasteiger partial charge is 0.124 e. The van der Waals surface area contributed by atoms with Gasteiger partial charge in [0.25, 0.3) is 0 Å². The van der Waals surface area contributed by atoms with Crippen molar-refractivity contribution in [2.24, 2.45) is 0 Å². The summed E-state index contributed by atoms with van der Waals surface area (Å²) in [6.07, 6.45) is 0. The van der Waals surface area contributed by atoms with Gasteiger partial charge in [0, 0.05) is 27.5 Å². The van der Waals surface area contributed by atoms with Gasteiger partial charge in [-0.3, -0.25) is 0 Å². The van der Waals surface area contributed by atoms with Crippen molar-refractivity contribution in [3.8, 4) is 17.2 Å². The molecule has 4 aromatic rings. The molecule has 0 bridgehead atoms. The van der Waals surface area contributed by atoms with E-state index in [0.717, 1.165) is 27.8 Å². The molecule has 6 nitrogen and oxygen atoms in total. The second kappa shape index (κ2) is 11.2. The zero-order valence-corrected chi connectivity index (χ0v) is 24.6. The van der Waals surface area contributed by atoms with Crippen LogP contribution in [0.1, 0.15) is 82.0 Å². The van der Waals surface area contributed by atoms with Gasteiger partial charge in [-0.15, -0.1) is 0 Å². The molecule has 4 aromatic carbocycles. The number of hydrogen-bond acceptors (Lipinski definition) is 6. The van der Waals surface area contributed by atoms with E-state index < -0.39 is 10.8 Å². The molecule has 0 atom stereocenters. The minimum absolute atomic E-state index is 0.0498. The third-order valence-electron chi connectivity index (χ3n) is 8.69. The molecule has 0 amide bonds. The first kappa shape index (κ1) is 30.1. The highest BCUT2D eigenvalue weighted by molar-refractivity contribution is 5.58. The summed E-state index contributed by atoms with van der Waals surface area (Å²) in [6, 6.07) is 19.4. The number of benzene rings is 4. The quantitative estimate of drug-likeness (QED) is 0.151. The van der Waals surface area contributed by atoms with Crippen LogP contribution in [0, 0.1) is 20.8 Å². The van der Waals surface area contributed by atoms with Crippen LogP contribution < -0.4 is 0 Å². The average Bonchev–Trinajstić information content (AvgIpc) is 2.96. The molecule has 0 saturated heterocycles. The van der Waals surface area contributed by atoms with Gasteiger partial charge in [0.05, 0.1) is 19.8 Å². The molecule has 0 fully saturated rings. The topological polar surface area (TPSA) is 121 Å². The molecule has 0 aliphatic carbocycles. The number of aryl methyl sites for hydroxylation is 3. The molecule has 6 N–H and O–H groups in total. The van der Waals surface area contributed by atoms with E-state index in [-0.39, 0.29) is 37.1 Å². The summed E-state index contributed by atoms with van der Waals surface area (Å²) >= 11 is 0. The Labute approximate surface area is 241 Å². The van der Waals surface area contributed by atoms with Crippen LogP contribution in [0.4, 0.5) is 0 Å². The summed E-state index contributed by atoms with van der Waals surface area (Å²) < 4.78 is 0. The molecular weight excluding hydrogens is 516 g/mol. The zero-order chi connectivity index (χ0) is 30.3. The van der Waals surface area contributed by atoms with Gasteiger partial charge in [-0.2, -0.15) is 0 Å². The van der Waals surface area contributed by atoms with Crippen molar-refractivity contribution in [3.63, 3.8) is 0 Å². The van der Waals surface area contributed by atoms with Gasteiger partial charge in [-0.05, 0) is 90.4 Å². The highest BCUT2D eigenvalue weighted by Crippen LogP contribution is 2.45. The van der Waals surface area contributed by atoms with Crippen LogP contribution in [0.5, 0.6) is 17.2 Å². The van der Waals surface area contributed by atoms with Crippen molar-refractivity contribution in [2.75, 3.05) is 0 Å². The van der Waals surface area contributed by atoms with Crippen molar-refractivity contribution in [1.29, 1.82) is 0 Å². The van der Waals surface area contributed by atoms with Crippen LogP contribution in [0.2, 0.25) is 0 Å². The molecule has 0 spiro atoms. The fourth-order valence-electron chi connectivity index (χ4n) is 5.74. The number of phenols is 3. The lowest BCUT2D eigenvalue weighted by Crippen LogP contribution is -2.28. The molecule has 0 aliphatic heterocycles. The number of aliphatic hydroxyl groups excluding tert-OH is 3. The van der Waals surface area contributed by atoms with Gasteiger partial charge in [0.15, 0.2) is 0 Å². The highest BCUT2D eigenvalue weighted by atomic mass is 16.3. The first-order valence-corrected chi connectivity index (χ1v) is 13.7. The van der Waals surface area contributed by atoms with E-state index in [9.17, 15) is 30.6 Å².